The van der Waals surface area contributed by atoms with Crippen LogP contribution in [0, 0.1) is 0 Å². The van der Waals surface area contributed by atoms with Crippen LogP contribution in [0.25, 0.3) is 0 Å². The molecule has 2 heteroatoms. The molecule has 2 aromatic rings. The van der Waals surface area contributed by atoms with Gasteiger partial charge in [-0.05, 0) is 36.8 Å². The Morgan fingerprint density at radius 1 is 0.938 bits per heavy atom. The van der Waals surface area contributed by atoms with Gasteiger partial charge in [0.1, 0.15) is 0 Å². The Balaban J connectivity index is 2.09. The third kappa shape index (κ3) is 3.03. The lowest BCUT2D eigenvalue weighted by Gasteiger charge is -2.11. The molecule has 0 fully saturated rings. The first kappa shape index (κ1) is 11.6. The van der Waals surface area contributed by atoms with E-state index in [-0.39, 0.29) is 0 Å². The predicted molar refractivity (Wildman–Crippen MR) is 72.2 cm³/mol. The van der Waals surface area contributed by atoms with Gasteiger partial charge in [-0.2, -0.15) is 0 Å². The van der Waals surface area contributed by atoms with Gasteiger partial charge in [-0.3, -0.25) is 0 Å². The molecule has 1 atom stereocenters. The van der Waals surface area contributed by atoms with Gasteiger partial charge in [-0.15, -0.1) is 11.8 Å². The molecule has 0 aliphatic carbocycles. The molecule has 0 amide bonds. The zero-order chi connectivity index (χ0) is 11.4. The number of hydrogen-bond acceptors (Lipinski definition) is 1. The van der Waals surface area contributed by atoms with Crippen LogP contribution in [-0.2, 0) is 0 Å². The average molecular weight is 249 g/mol. The fourth-order valence-corrected chi connectivity index (χ4v) is 2.65. The monoisotopic (exact) mass is 248 g/mol. The summed E-state index contributed by atoms with van der Waals surface area (Å²) < 4.78 is 0. The van der Waals surface area contributed by atoms with Crippen molar-refractivity contribution in [3.8, 4) is 0 Å². The second-order valence-corrected chi connectivity index (χ2v) is 5.48. The van der Waals surface area contributed by atoms with Gasteiger partial charge in [0.05, 0.1) is 0 Å². The van der Waals surface area contributed by atoms with Crippen LogP contribution in [0.1, 0.15) is 17.7 Å². The number of halogens is 1. The summed E-state index contributed by atoms with van der Waals surface area (Å²) in [4.78, 5) is 1.30. The minimum atomic E-state index is 0.444. The summed E-state index contributed by atoms with van der Waals surface area (Å²) in [6, 6.07) is 18.5. The molecule has 1 unspecified atom stereocenters. The lowest BCUT2D eigenvalue weighted by Crippen LogP contribution is -1.87. The molecule has 0 saturated carbocycles. The fourth-order valence-electron chi connectivity index (χ4n) is 1.51. The highest BCUT2D eigenvalue weighted by Crippen LogP contribution is 2.34. The van der Waals surface area contributed by atoms with E-state index in [4.69, 9.17) is 11.6 Å². The van der Waals surface area contributed by atoms with E-state index in [1.165, 1.54) is 10.5 Å². The Bertz CT molecular complexity index is 436. The van der Waals surface area contributed by atoms with Crippen LogP contribution >= 0.6 is 23.4 Å². The van der Waals surface area contributed by atoms with Crippen LogP contribution in [0.4, 0.5) is 0 Å². The van der Waals surface area contributed by atoms with Gasteiger partial charge in [-0.25, -0.2) is 0 Å². The highest BCUT2D eigenvalue weighted by atomic mass is 35.5. The standard InChI is InChI=1S/C14H13ClS/c1-11(12-7-9-13(15)10-8-12)16-14-5-3-2-4-6-14/h2-11H,1H3. The Hall–Kier alpha value is -0.920. The van der Waals surface area contributed by atoms with E-state index in [1.54, 1.807) is 0 Å². The predicted octanol–water partition coefficient (Wildman–Crippen LogP) is 5.19. The van der Waals surface area contributed by atoms with Crippen LogP contribution in [0.3, 0.4) is 0 Å². The molecule has 0 heterocycles. The molecule has 0 aliphatic heterocycles. The Kier molecular flexibility index (Phi) is 3.92. The van der Waals surface area contributed by atoms with Crippen LogP contribution in [0.2, 0.25) is 5.02 Å². The third-order valence-corrected chi connectivity index (χ3v) is 3.82. The number of thioether (sulfide) groups is 1. The summed E-state index contributed by atoms with van der Waals surface area (Å²) in [6.45, 7) is 2.21. The Morgan fingerprint density at radius 2 is 1.56 bits per heavy atom. The molecule has 0 bridgehead atoms. The van der Waals surface area contributed by atoms with Crippen molar-refractivity contribution in [1.82, 2.24) is 0 Å². The molecule has 2 aromatic carbocycles. The van der Waals surface area contributed by atoms with Gasteiger partial charge in [0.25, 0.3) is 0 Å². The van der Waals surface area contributed by atoms with E-state index in [2.05, 4.69) is 43.3 Å². The molecular formula is C14H13ClS. The lowest BCUT2D eigenvalue weighted by molar-refractivity contribution is 1.10. The van der Waals surface area contributed by atoms with Crippen molar-refractivity contribution in [3.05, 3.63) is 65.2 Å². The van der Waals surface area contributed by atoms with Crippen LogP contribution in [-0.4, -0.2) is 0 Å². The smallest absolute Gasteiger partial charge is 0.0406 e. The topological polar surface area (TPSA) is 0 Å². The number of benzene rings is 2. The molecule has 0 spiro atoms. The molecule has 2 rings (SSSR count). The van der Waals surface area contributed by atoms with Crippen LogP contribution < -0.4 is 0 Å². The fraction of sp³-hybridized carbons (Fsp3) is 0.143. The van der Waals surface area contributed by atoms with Gasteiger partial charge < -0.3 is 0 Å². The Morgan fingerprint density at radius 3 is 2.19 bits per heavy atom. The average Bonchev–Trinajstić information content (AvgIpc) is 2.31. The van der Waals surface area contributed by atoms with Crippen LogP contribution in [0.15, 0.2) is 59.5 Å². The molecule has 0 N–H and O–H groups in total. The van der Waals surface area contributed by atoms with Gasteiger partial charge in [0.2, 0.25) is 0 Å². The third-order valence-electron chi connectivity index (χ3n) is 2.40. The van der Waals surface area contributed by atoms with Crippen molar-refractivity contribution in [2.24, 2.45) is 0 Å². The summed E-state index contributed by atoms with van der Waals surface area (Å²) in [5.74, 6) is 0. The molecule has 0 nitrogen and oxygen atoms in total. The van der Waals surface area contributed by atoms with Crippen molar-refractivity contribution in [1.29, 1.82) is 0 Å². The first-order valence-electron chi connectivity index (χ1n) is 5.23. The van der Waals surface area contributed by atoms with Gasteiger partial charge >= 0.3 is 0 Å². The first-order valence-corrected chi connectivity index (χ1v) is 6.48. The molecule has 16 heavy (non-hydrogen) atoms. The lowest BCUT2D eigenvalue weighted by atomic mass is 10.2. The zero-order valence-electron chi connectivity index (χ0n) is 9.06. The van der Waals surface area contributed by atoms with Gasteiger partial charge in [0.15, 0.2) is 0 Å². The SMILES string of the molecule is CC(Sc1ccccc1)c1ccc(Cl)cc1. The van der Waals surface area contributed by atoms with Gasteiger partial charge in [0, 0.05) is 15.2 Å². The van der Waals surface area contributed by atoms with Crippen molar-refractivity contribution in [2.75, 3.05) is 0 Å². The minimum Gasteiger partial charge on any atom is -0.118 e. The second kappa shape index (κ2) is 5.42. The number of rotatable bonds is 3. The van der Waals surface area contributed by atoms with Crippen LogP contribution in [0.5, 0.6) is 0 Å². The minimum absolute atomic E-state index is 0.444. The summed E-state index contributed by atoms with van der Waals surface area (Å²) in [5.41, 5.74) is 1.30. The second-order valence-electron chi connectivity index (χ2n) is 3.62. The summed E-state index contributed by atoms with van der Waals surface area (Å²) >= 11 is 7.73. The maximum Gasteiger partial charge on any atom is 0.0406 e. The van der Waals surface area contributed by atoms with Gasteiger partial charge in [-0.1, -0.05) is 41.9 Å². The van der Waals surface area contributed by atoms with Crippen molar-refractivity contribution in [2.45, 2.75) is 17.1 Å². The van der Waals surface area contributed by atoms with Crippen molar-refractivity contribution >= 4 is 23.4 Å². The highest BCUT2D eigenvalue weighted by molar-refractivity contribution is 7.99. The quantitative estimate of drug-likeness (QED) is 0.674. The normalized spacial score (nSPS) is 12.4. The number of hydrogen-bond donors (Lipinski definition) is 0. The zero-order valence-corrected chi connectivity index (χ0v) is 10.6. The van der Waals surface area contributed by atoms with Crippen molar-refractivity contribution < 1.29 is 0 Å². The largest absolute Gasteiger partial charge is 0.118 e. The summed E-state index contributed by atoms with van der Waals surface area (Å²) in [5, 5.41) is 1.24. The van der Waals surface area contributed by atoms with E-state index in [9.17, 15) is 0 Å². The summed E-state index contributed by atoms with van der Waals surface area (Å²) in [7, 11) is 0. The van der Waals surface area contributed by atoms with E-state index in [0.29, 0.717) is 5.25 Å². The van der Waals surface area contributed by atoms with E-state index in [1.807, 2.05) is 30.0 Å². The molecular weight excluding hydrogens is 236 g/mol. The maximum atomic E-state index is 5.87. The first-order chi connectivity index (χ1) is 7.75. The summed E-state index contributed by atoms with van der Waals surface area (Å²) in [6.07, 6.45) is 0. The molecule has 0 radical (unpaired) electrons. The Labute approximate surface area is 106 Å². The van der Waals surface area contributed by atoms with E-state index in [0.717, 1.165) is 5.02 Å². The maximum absolute atomic E-state index is 5.87. The molecule has 0 aromatic heterocycles. The molecule has 82 valence electrons. The molecule has 0 aliphatic rings. The molecule has 0 saturated heterocycles. The highest BCUT2D eigenvalue weighted by Gasteiger charge is 2.06. The van der Waals surface area contributed by atoms with E-state index >= 15 is 0 Å². The van der Waals surface area contributed by atoms with E-state index < -0.39 is 0 Å². The van der Waals surface area contributed by atoms with Crippen molar-refractivity contribution in [3.63, 3.8) is 0 Å².